The number of benzene rings is 1. The smallest absolute Gasteiger partial charge is 0.252 e. The van der Waals surface area contributed by atoms with E-state index in [9.17, 15) is 4.79 Å². The molecule has 1 rings (SSSR count). The van der Waals surface area contributed by atoms with Crippen LogP contribution in [0.15, 0.2) is 22.7 Å². The van der Waals surface area contributed by atoms with Crippen molar-refractivity contribution in [1.29, 1.82) is 0 Å². The van der Waals surface area contributed by atoms with Crippen molar-refractivity contribution in [2.24, 2.45) is 0 Å². The predicted octanol–water partition coefficient (Wildman–Crippen LogP) is 1.82. The summed E-state index contributed by atoms with van der Waals surface area (Å²) in [6.07, 6.45) is 0. The first kappa shape index (κ1) is 10.1. The number of carbonyl (C=O) groups is 1. The summed E-state index contributed by atoms with van der Waals surface area (Å²) in [5.74, 6) is 0.606. The summed E-state index contributed by atoms with van der Waals surface area (Å²) in [6.45, 7) is 0. The van der Waals surface area contributed by atoms with Crippen LogP contribution in [0.5, 0.6) is 5.75 Å². The van der Waals surface area contributed by atoms with Gasteiger partial charge in [-0.2, -0.15) is 0 Å². The molecule has 0 atom stereocenters. The lowest BCUT2D eigenvalue weighted by Crippen LogP contribution is -2.18. The normalized spacial score (nSPS) is 9.46. The van der Waals surface area contributed by atoms with Crippen LogP contribution in [0.3, 0.4) is 0 Å². The lowest BCUT2D eigenvalue weighted by atomic mass is 10.2. The number of ether oxygens (including phenoxy) is 1. The summed E-state index contributed by atoms with van der Waals surface area (Å²) < 4.78 is 5.73. The van der Waals surface area contributed by atoms with Gasteiger partial charge in [0.2, 0.25) is 0 Å². The lowest BCUT2D eigenvalue weighted by Gasteiger charge is -2.04. The van der Waals surface area contributed by atoms with Gasteiger partial charge in [0.05, 0.1) is 12.7 Å². The highest BCUT2D eigenvalue weighted by molar-refractivity contribution is 9.10. The first-order chi connectivity index (χ1) is 6.19. The molecule has 0 heterocycles. The molecule has 4 heteroatoms. The summed E-state index contributed by atoms with van der Waals surface area (Å²) in [5.41, 5.74) is 0.600. The van der Waals surface area contributed by atoms with Crippen LogP contribution in [0.25, 0.3) is 0 Å². The van der Waals surface area contributed by atoms with Crippen LogP contribution >= 0.6 is 15.9 Å². The third-order valence-corrected chi connectivity index (χ3v) is 2.30. The minimum absolute atomic E-state index is 0.116. The van der Waals surface area contributed by atoms with Gasteiger partial charge in [-0.05, 0) is 34.1 Å². The quantitative estimate of drug-likeness (QED) is 0.861. The highest BCUT2D eigenvalue weighted by Crippen LogP contribution is 2.22. The van der Waals surface area contributed by atoms with Gasteiger partial charge in [-0.15, -0.1) is 0 Å². The Labute approximate surface area is 85.2 Å². The van der Waals surface area contributed by atoms with Crippen LogP contribution in [-0.4, -0.2) is 20.1 Å². The minimum Gasteiger partial charge on any atom is -0.497 e. The van der Waals surface area contributed by atoms with Crippen molar-refractivity contribution in [3.63, 3.8) is 0 Å². The molecule has 0 fully saturated rings. The van der Waals surface area contributed by atoms with Crippen LogP contribution in [0, 0.1) is 0 Å². The summed E-state index contributed by atoms with van der Waals surface area (Å²) in [6, 6.07) is 5.21. The Bertz CT molecular complexity index is 325. The fourth-order valence-corrected chi connectivity index (χ4v) is 1.48. The van der Waals surface area contributed by atoms with E-state index in [4.69, 9.17) is 4.74 Å². The van der Waals surface area contributed by atoms with Gasteiger partial charge in [-0.25, -0.2) is 0 Å². The maximum absolute atomic E-state index is 11.3. The average molecular weight is 244 g/mol. The number of amides is 1. The molecule has 1 amide bonds. The molecule has 70 valence electrons. The Morgan fingerprint density at radius 1 is 1.54 bits per heavy atom. The maximum Gasteiger partial charge on any atom is 0.252 e. The zero-order chi connectivity index (χ0) is 9.84. The van der Waals surface area contributed by atoms with E-state index in [1.807, 2.05) is 0 Å². The van der Waals surface area contributed by atoms with E-state index in [1.54, 1.807) is 32.4 Å². The number of halogens is 1. The van der Waals surface area contributed by atoms with E-state index in [0.717, 1.165) is 10.2 Å². The second-order valence-electron chi connectivity index (χ2n) is 2.42. The molecule has 0 aromatic heterocycles. The topological polar surface area (TPSA) is 38.3 Å². The molecule has 0 aliphatic carbocycles. The lowest BCUT2D eigenvalue weighted by molar-refractivity contribution is 0.0962. The second-order valence-corrected chi connectivity index (χ2v) is 3.28. The average Bonchev–Trinajstić information content (AvgIpc) is 2.16. The van der Waals surface area contributed by atoms with Crippen molar-refractivity contribution in [3.8, 4) is 5.75 Å². The molecule has 0 saturated heterocycles. The largest absolute Gasteiger partial charge is 0.497 e. The first-order valence-corrected chi connectivity index (χ1v) is 4.54. The number of nitrogens with one attached hydrogen (secondary N) is 1. The van der Waals surface area contributed by atoms with Gasteiger partial charge >= 0.3 is 0 Å². The minimum atomic E-state index is -0.116. The van der Waals surface area contributed by atoms with Crippen LogP contribution in [0.2, 0.25) is 0 Å². The third kappa shape index (κ3) is 2.21. The van der Waals surface area contributed by atoms with E-state index in [-0.39, 0.29) is 5.91 Å². The Hall–Kier alpha value is -1.03. The molecule has 1 aromatic carbocycles. The van der Waals surface area contributed by atoms with Gasteiger partial charge < -0.3 is 10.1 Å². The van der Waals surface area contributed by atoms with Gasteiger partial charge in [-0.1, -0.05) is 0 Å². The van der Waals surface area contributed by atoms with Crippen molar-refractivity contribution in [2.45, 2.75) is 0 Å². The van der Waals surface area contributed by atoms with Crippen LogP contribution in [0.1, 0.15) is 10.4 Å². The van der Waals surface area contributed by atoms with Crippen molar-refractivity contribution < 1.29 is 9.53 Å². The van der Waals surface area contributed by atoms with Gasteiger partial charge in [-0.3, -0.25) is 4.79 Å². The molecule has 0 saturated carbocycles. The highest BCUT2D eigenvalue weighted by atomic mass is 79.9. The van der Waals surface area contributed by atoms with Crippen molar-refractivity contribution >= 4 is 21.8 Å². The summed E-state index contributed by atoms with van der Waals surface area (Å²) >= 11 is 3.29. The molecule has 0 bridgehead atoms. The Kier molecular flexibility index (Phi) is 3.31. The summed E-state index contributed by atoms with van der Waals surface area (Å²) in [4.78, 5) is 11.3. The number of methoxy groups -OCH3 is 1. The molecule has 1 aromatic rings. The Balaban J connectivity index is 3.05. The highest BCUT2D eigenvalue weighted by Gasteiger charge is 2.08. The van der Waals surface area contributed by atoms with E-state index < -0.39 is 0 Å². The van der Waals surface area contributed by atoms with Gasteiger partial charge in [0, 0.05) is 11.5 Å². The monoisotopic (exact) mass is 243 g/mol. The van der Waals surface area contributed by atoms with Gasteiger partial charge in [0.1, 0.15) is 5.75 Å². The Morgan fingerprint density at radius 2 is 2.23 bits per heavy atom. The standard InChI is InChI=1S/C9H10BrNO2/c1-11-9(12)7-4-3-6(13-2)5-8(7)10/h3-5H,1-2H3,(H,11,12). The van der Waals surface area contributed by atoms with E-state index in [1.165, 1.54) is 0 Å². The molecule has 0 aliphatic rings. The van der Waals surface area contributed by atoms with Gasteiger partial charge in [0.15, 0.2) is 0 Å². The van der Waals surface area contributed by atoms with Crippen LogP contribution < -0.4 is 10.1 Å². The fraction of sp³-hybridized carbons (Fsp3) is 0.222. The molecule has 0 radical (unpaired) electrons. The third-order valence-electron chi connectivity index (χ3n) is 1.65. The zero-order valence-electron chi connectivity index (χ0n) is 7.43. The molecule has 13 heavy (non-hydrogen) atoms. The number of hydrogen-bond donors (Lipinski definition) is 1. The van der Waals surface area contributed by atoms with E-state index >= 15 is 0 Å². The number of carbonyl (C=O) groups excluding carboxylic acids is 1. The molecule has 0 unspecified atom stereocenters. The van der Waals surface area contributed by atoms with Crippen molar-refractivity contribution in [3.05, 3.63) is 28.2 Å². The summed E-state index contributed by atoms with van der Waals surface area (Å²) in [7, 11) is 3.18. The number of hydrogen-bond acceptors (Lipinski definition) is 2. The second kappa shape index (κ2) is 4.28. The molecular formula is C9H10BrNO2. The molecule has 3 nitrogen and oxygen atoms in total. The molecule has 0 aliphatic heterocycles. The molecular weight excluding hydrogens is 234 g/mol. The van der Waals surface area contributed by atoms with E-state index in [2.05, 4.69) is 21.2 Å². The first-order valence-electron chi connectivity index (χ1n) is 3.74. The summed E-state index contributed by atoms with van der Waals surface area (Å²) in [5, 5.41) is 2.55. The zero-order valence-corrected chi connectivity index (χ0v) is 9.01. The fourth-order valence-electron chi connectivity index (χ4n) is 0.942. The Morgan fingerprint density at radius 3 is 2.69 bits per heavy atom. The van der Waals surface area contributed by atoms with Crippen molar-refractivity contribution in [1.82, 2.24) is 5.32 Å². The molecule has 0 spiro atoms. The van der Waals surface area contributed by atoms with Gasteiger partial charge in [0.25, 0.3) is 5.91 Å². The molecule has 1 N–H and O–H groups in total. The predicted molar refractivity (Wildman–Crippen MR) is 54.1 cm³/mol. The van der Waals surface area contributed by atoms with Crippen LogP contribution in [-0.2, 0) is 0 Å². The van der Waals surface area contributed by atoms with Crippen LogP contribution in [0.4, 0.5) is 0 Å². The van der Waals surface area contributed by atoms with E-state index in [0.29, 0.717) is 5.56 Å². The SMILES string of the molecule is CNC(=O)c1ccc(OC)cc1Br. The van der Waals surface area contributed by atoms with Crippen molar-refractivity contribution in [2.75, 3.05) is 14.2 Å². The maximum atomic E-state index is 11.3. The number of rotatable bonds is 2.